The largest absolute Gasteiger partial charge is 0.432 e. The number of halogens is 1. The van der Waals surface area contributed by atoms with Gasteiger partial charge in [0.15, 0.2) is 5.75 Å². The molecule has 0 fully saturated rings. The Morgan fingerprint density at radius 3 is 2.89 bits per heavy atom. The van der Waals surface area contributed by atoms with E-state index < -0.39 is 4.92 Å². The summed E-state index contributed by atoms with van der Waals surface area (Å²) >= 11 is 5.66. The first-order valence-corrected chi connectivity index (χ1v) is 5.35. The molecular weight excluding hydrogens is 258 g/mol. The Morgan fingerprint density at radius 1 is 1.44 bits per heavy atom. The summed E-state index contributed by atoms with van der Waals surface area (Å²) in [5.41, 5.74) is 0.328. The Kier molecular flexibility index (Phi) is 3.38. The molecule has 2 rings (SSSR count). The van der Waals surface area contributed by atoms with Crippen molar-refractivity contribution < 1.29 is 9.66 Å². The third-order valence-corrected chi connectivity index (χ3v) is 2.37. The van der Waals surface area contributed by atoms with Crippen LogP contribution in [0.25, 0.3) is 0 Å². The lowest BCUT2D eigenvalue weighted by Gasteiger charge is -2.06. The minimum absolute atomic E-state index is 0.111. The lowest BCUT2D eigenvalue weighted by Crippen LogP contribution is -1.97. The van der Waals surface area contributed by atoms with Gasteiger partial charge in [-0.25, -0.2) is 4.98 Å². The number of hydrogen-bond donors (Lipinski definition) is 0. The van der Waals surface area contributed by atoms with Crippen molar-refractivity contribution in [3.8, 4) is 11.6 Å². The summed E-state index contributed by atoms with van der Waals surface area (Å²) < 4.78 is 5.38. The van der Waals surface area contributed by atoms with E-state index >= 15 is 0 Å². The minimum Gasteiger partial charge on any atom is -0.432 e. The zero-order chi connectivity index (χ0) is 13.1. The van der Waals surface area contributed by atoms with Gasteiger partial charge in [0.05, 0.1) is 21.8 Å². The highest BCUT2D eigenvalue weighted by Gasteiger charge is 2.19. The van der Waals surface area contributed by atoms with Crippen molar-refractivity contribution in [3.63, 3.8) is 0 Å². The molecule has 2 aromatic heterocycles. The van der Waals surface area contributed by atoms with Crippen molar-refractivity contribution in [2.24, 2.45) is 0 Å². The summed E-state index contributed by atoms with van der Waals surface area (Å²) in [5.74, 6) is 0.302. The van der Waals surface area contributed by atoms with Crippen LogP contribution in [0.3, 0.4) is 0 Å². The molecule has 0 radical (unpaired) electrons. The summed E-state index contributed by atoms with van der Waals surface area (Å²) in [4.78, 5) is 18.1. The summed E-state index contributed by atoms with van der Waals surface area (Å²) in [6.45, 7) is 1.73. The van der Waals surface area contributed by atoms with Crippen LogP contribution in [0.2, 0.25) is 5.02 Å². The molecule has 0 aliphatic carbocycles. The first-order chi connectivity index (χ1) is 8.58. The average Bonchev–Trinajstić information content (AvgIpc) is 2.34. The highest BCUT2D eigenvalue weighted by Crippen LogP contribution is 2.31. The van der Waals surface area contributed by atoms with E-state index in [4.69, 9.17) is 16.3 Å². The summed E-state index contributed by atoms with van der Waals surface area (Å²) in [5, 5.41) is 11.0. The van der Waals surface area contributed by atoms with Gasteiger partial charge in [0.1, 0.15) is 0 Å². The highest BCUT2D eigenvalue weighted by molar-refractivity contribution is 6.30. The molecule has 7 heteroatoms. The van der Waals surface area contributed by atoms with Crippen LogP contribution in [-0.2, 0) is 0 Å². The number of nitrogens with zero attached hydrogens (tertiary/aromatic N) is 3. The molecule has 0 saturated carbocycles. The Balaban J connectivity index is 2.41. The third-order valence-electron chi connectivity index (χ3n) is 2.16. The number of pyridine rings is 2. The monoisotopic (exact) mass is 265 g/mol. The second kappa shape index (κ2) is 4.97. The predicted octanol–water partition coefficient (Wildman–Crippen LogP) is 3.14. The summed E-state index contributed by atoms with van der Waals surface area (Å²) in [6.07, 6.45) is 2.89. The van der Waals surface area contributed by atoms with E-state index in [-0.39, 0.29) is 16.6 Å². The molecule has 18 heavy (non-hydrogen) atoms. The van der Waals surface area contributed by atoms with Crippen LogP contribution >= 0.6 is 11.6 Å². The second-order valence-electron chi connectivity index (χ2n) is 3.42. The standard InChI is InChI=1S/C11H8ClN3O3/c1-7-10(3-2-4-13-7)18-11-9(15(16)17)5-8(12)6-14-11/h2-6H,1H3. The van der Waals surface area contributed by atoms with Gasteiger partial charge in [0.2, 0.25) is 0 Å². The number of aryl methyl sites for hydroxylation is 1. The van der Waals surface area contributed by atoms with E-state index in [0.717, 1.165) is 0 Å². The van der Waals surface area contributed by atoms with Crippen molar-refractivity contribution in [2.45, 2.75) is 6.92 Å². The first kappa shape index (κ1) is 12.3. The van der Waals surface area contributed by atoms with Crippen molar-refractivity contribution in [2.75, 3.05) is 0 Å². The number of aromatic nitrogens is 2. The second-order valence-corrected chi connectivity index (χ2v) is 3.86. The topological polar surface area (TPSA) is 78.2 Å². The quantitative estimate of drug-likeness (QED) is 0.629. The fourth-order valence-corrected chi connectivity index (χ4v) is 1.46. The minimum atomic E-state index is -0.597. The molecule has 0 aliphatic heterocycles. The molecule has 0 N–H and O–H groups in total. The molecule has 0 atom stereocenters. The molecule has 6 nitrogen and oxygen atoms in total. The van der Waals surface area contributed by atoms with E-state index in [1.807, 2.05) is 0 Å². The van der Waals surface area contributed by atoms with Gasteiger partial charge in [0, 0.05) is 12.3 Å². The maximum Gasteiger partial charge on any atom is 0.332 e. The Labute approximate surface area is 107 Å². The zero-order valence-corrected chi connectivity index (χ0v) is 10.1. The van der Waals surface area contributed by atoms with Crippen LogP contribution < -0.4 is 4.74 Å². The number of rotatable bonds is 3. The summed E-state index contributed by atoms with van der Waals surface area (Å²) in [6, 6.07) is 4.52. The maximum atomic E-state index is 10.9. The number of nitro groups is 1. The number of hydrogen-bond acceptors (Lipinski definition) is 5. The van der Waals surface area contributed by atoms with Gasteiger partial charge in [-0.15, -0.1) is 0 Å². The molecule has 2 aromatic rings. The van der Waals surface area contributed by atoms with Gasteiger partial charge >= 0.3 is 5.69 Å². The van der Waals surface area contributed by atoms with Gasteiger partial charge in [-0.3, -0.25) is 15.1 Å². The SMILES string of the molecule is Cc1ncccc1Oc1ncc(Cl)cc1[N+](=O)[O-]. The van der Waals surface area contributed by atoms with Gasteiger partial charge in [-0.05, 0) is 19.1 Å². The highest BCUT2D eigenvalue weighted by atomic mass is 35.5. The van der Waals surface area contributed by atoms with Crippen LogP contribution in [-0.4, -0.2) is 14.9 Å². The Bertz CT molecular complexity index is 604. The fraction of sp³-hybridized carbons (Fsp3) is 0.0909. The molecule has 0 spiro atoms. The molecule has 0 saturated heterocycles. The van der Waals surface area contributed by atoms with E-state index in [1.54, 1.807) is 25.3 Å². The maximum absolute atomic E-state index is 10.9. The summed E-state index contributed by atoms with van der Waals surface area (Å²) in [7, 11) is 0. The van der Waals surface area contributed by atoms with Crippen molar-refractivity contribution >= 4 is 17.3 Å². The van der Waals surface area contributed by atoms with E-state index in [9.17, 15) is 10.1 Å². The van der Waals surface area contributed by atoms with E-state index in [0.29, 0.717) is 11.4 Å². The Morgan fingerprint density at radius 2 is 2.22 bits per heavy atom. The van der Waals surface area contributed by atoms with Gasteiger partial charge in [-0.2, -0.15) is 0 Å². The third kappa shape index (κ3) is 2.54. The Hall–Kier alpha value is -2.21. The van der Waals surface area contributed by atoms with Crippen LogP contribution in [0.15, 0.2) is 30.6 Å². The average molecular weight is 266 g/mol. The molecule has 0 amide bonds. The molecule has 0 aromatic carbocycles. The first-order valence-electron chi connectivity index (χ1n) is 4.97. The van der Waals surface area contributed by atoms with E-state index in [1.165, 1.54) is 12.3 Å². The van der Waals surface area contributed by atoms with Gasteiger partial charge < -0.3 is 4.74 Å². The smallest absolute Gasteiger partial charge is 0.332 e. The molecule has 2 heterocycles. The predicted molar refractivity (Wildman–Crippen MR) is 64.9 cm³/mol. The van der Waals surface area contributed by atoms with E-state index in [2.05, 4.69) is 9.97 Å². The molecule has 92 valence electrons. The van der Waals surface area contributed by atoms with Crippen LogP contribution in [0.4, 0.5) is 5.69 Å². The van der Waals surface area contributed by atoms with Crippen LogP contribution in [0.1, 0.15) is 5.69 Å². The molecule has 0 unspecified atom stereocenters. The van der Waals surface area contributed by atoms with Crippen molar-refractivity contribution in [1.29, 1.82) is 0 Å². The normalized spacial score (nSPS) is 10.1. The van der Waals surface area contributed by atoms with Gasteiger partial charge in [0.25, 0.3) is 5.88 Å². The van der Waals surface area contributed by atoms with Crippen LogP contribution in [0, 0.1) is 17.0 Å². The molecule has 0 bridgehead atoms. The molecular formula is C11H8ClN3O3. The lowest BCUT2D eigenvalue weighted by atomic mass is 10.3. The molecule has 0 aliphatic rings. The van der Waals surface area contributed by atoms with Crippen LogP contribution in [0.5, 0.6) is 11.6 Å². The van der Waals surface area contributed by atoms with Crippen molar-refractivity contribution in [1.82, 2.24) is 9.97 Å². The number of ether oxygens (including phenoxy) is 1. The zero-order valence-electron chi connectivity index (χ0n) is 9.33. The van der Waals surface area contributed by atoms with Crippen molar-refractivity contribution in [3.05, 3.63) is 51.4 Å². The van der Waals surface area contributed by atoms with Gasteiger partial charge in [-0.1, -0.05) is 11.6 Å². The fourth-order valence-electron chi connectivity index (χ4n) is 1.31. The lowest BCUT2D eigenvalue weighted by molar-refractivity contribution is -0.386.